The first-order valence-electron chi connectivity index (χ1n) is 10.2. The van der Waals surface area contributed by atoms with Crippen LogP contribution >= 0.6 is 24.0 Å². The molecule has 0 unspecified atom stereocenters. The van der Waals surface area contributed by atoms with Crippen LogP contribution < -0.4 is 5.56 Å². The molecule has 8 heteroatoms. The number of nitrogens with one attached hydrogen (secondary N) is 2. The zero-order chi connectivity index (χ0) is 20.7. The minimum Gasteiger partial charge on any atom is -0.361 e. The molecule has 0 spiro atoms. The van der Waals surface area contributed by atoms with E-state index in [1.54, 1.807) is 30.3 Å². The summed E-state index contributed by atoms with van der Waals surface area (Å²) in [7, 11) is 0. The lowest BCUT2D eigenvalue weighted by Crippen LogP contribution is -2.35. The number of piperidine rings is 1. The van der Waals surface area contributed by atoms with Crippen molar-refractivity contribution in [2.24, 2.45) is 0 Å². The van der Waals surface area contributed by atoms with Gasteiger partial charge in [0.2, 0.25) is 0 Å². The summed E-state index contributed by atoms with van der Waals surface area (Å²) in [4.78, 5) is 25.7. The summed E-state index contributed by atoms with van der Waals surface area (Å²) in [6.07, 6.45) is 4.75. The molecule has 3 heterocycles. The van der Waals surface area contributed by atoms with E-state index in [9.17, 15) is 9.18 Å². The number of halogens is 3. The molecule has 0 amide bonds. The maximum Gasteiger partial charge on any atom is 0.258 e. The van der Waals surface area contributed by atoms with Gasteiger partial charge in [-0.15, -0.1) is 12.4 Å². The van der Waals surface area contributed by atoms with Gasteiger partial charge in [0.1, 0.15) is 11.6 Å². The molecule has 0 aliphatic carbocycles. The molecule has 4 aromatic rings. The van der Waals surface area contributed by atoms with Crippen molar-refractivity contribution in [3.8, 4) is 0 Å². The van der Waals surface area contributed by atoms with Crippen LogP contribution in [0.15, 0.2) is 47.4 Å². The molecule has 1 saturated heterocycles. The number of aromatic nitrogens is 3. The fourth-order valence-corrected chi connectivity index (χ4v) is 4.56. The molecular weight excluding hydrogens is 438 g/mol. The van der Waals surface area contributed by atoms with Gasteiger partial charge >= 0.3 is 0 Å². The summed E-state index contributed by atoms with van der Waals surface area (Å²) in [5.41, 5.74) is 2.67. The van der Waals surface area contributed by atoms with Crippen molar-refractivity contribution in [2.45, 2.75) is 25.2 Å². The number of nitrogens with zero attached hydrogens (tertiary/aromatic N) is 2. The maximum atomic E-state index is 13.6. The van der Waals surface area contributed by atoms with Crippen molar-refractivity contribution in [2.75, 3.05) is 19.6 Å². The molecular formula is C23H23Cl2FN4O. The number of benzene rings is 2. The van der Waals surface area contributed by atoms with Gasteiger partial charge in [-0.25, -0.2) is 9.37 Å². The standard InChI is InChI=1S/C23H22ClFN4O.ClH/c24-16-1-3-21-19(11-16)23(30)28-22(27-21)14-5-8-29(9-6-14)10-7-15-13-26-20-4-2-17(25)12-18(15)20;/h1-4,11-14,26H,5-10H2,(H,27,28,30);1H. The first kappa shape index (κ1) is 21.8. The molecule has 31 heavy (non-hydrogen) atoms. The lowest BCUT2D eigenvalue weighted by Gasteiger charge is -2.31. The lowest BCUT2D eigenvalue weighted by molar-refractivity contribution is 0.211. The molecule has 0 saturated carbocycles. The van der Waals surface area contributed by atoms with E-state index in [2.05, 4.69) is 19.9 Å². The Morgan fingerprint density at radius 3 is 2.74 bits per heavy atom. The highest BCUT2D eigenvalue weighted by Crippen LogP contribution is 2.27. The molecule has 1 aliphatic heterocycles. The van der Waals surface area contributed by atoms with Gasteiger partial charge in [-0.05, 0) is 74.3 Å². The third-order valence-electron chi connectivity index (χ3n) is 6.09. The molecule has 0 bridgehead atoms. The van der Waals surface area contributed by atoms with Gasteiger partial charge in [0, 0.05) is 34.6 Å². The van der Waals surface area contributed by atoms with Crippen LogP contribution in [0.3, 0.4) is 0 Å². The van der Waals surface area contributed by atoms with Crippen LogP contribution in [0.4, 0.5) is 4.39 Å². The Hall–Kier alpha value is -2.41. The summed E-state index contributed by atoms with van der Waals surface area (Å²) < 4.78 is 13.6. The van der Waals surface area contributed by atoms with Crippen LogP contribution in [0, 0.1) is 5.82 Å². The van der Waals surface area contributed by atoms with E-state index >= 15 is 0 Å². The summed E-state index contributed by atoms with van der Waals surface area (Å²) >= 11 is 6.00. The molecule has 2 aromatic heterocycles. The second-order valence-corrected chi connectivity index (χ2v) is 8.42. The fraction of sp³-hybridized carbons (Fsp3) is 0.304. The predicted octanol–water partition coefficient (Wildman–Crippen LogP) is 5.04. The highest BCUT2D eigenvalue weighted by Gasteiger charge is 2.23. The smallest absolute Gasteiger partial charge is 0.258 e. The number of rotatable bonds is 4. The maximum absolute atomic E-state index is 13.6. The van der Waals surface area contributed by atoms with Gasteiger partial charge in [-0.1, -0.05) is 11.6 Å². The molecule has 0 radical (unpaired) electrons. The second kappa shape index (κ2) is 8.99. The number of fused-ring (bicyclic) bond motifs is 2. The Balaban J connectivity index is 0.00000231. The first-order chi connectivity index (χ1) is 14.6. The number of hydrogen-bond donors (Lipinski definition) is 2. The first-order valence-corrected chi connectivity index (χ1v) is 10.6. The predicted molar refractivity (Wildman–Crippen MR) is 125 cm³/mol. The quantitative estimate of drug-likeness (QED) is 0.448. The zero-order valence-electron chi connectivity index (χ0n) is 16.8. The molecule has 0 atom stereocenters. The van der Waals surface area contributed by atoms with E-state index in [0.29, 0.717) is 15.9 Å². The van der Waals surface area contributed by atoms with Crippen LogP contribution in [-0.4, -0.2) is 39.5 Å². The molecule has 5 nitrogen and oxygen atoms in total. The highest BCUT2D eigenvalue weighted by molar-refractivity contribution is 6.31. The van der Waals surface area contributed by atoms with Crippen molar-refractivity contribution < 1.29 is 4.39 Å². The van der Waals surface area contributed by atoms with Gasteiger partial charge in [0.25, 0.3) is 5.56 Å². The van der Waals surface area contributed by atoms with E-state index < -0.39 is 0 Å². The van der Waals surface area contributed by atoms with Crippen molar-refractivity contribution in [1.82, 2.24) is 19.9 Å². The third kappa shape index (κ3) is 4.47. The summed E-state index contributed by atoms with van der Waals surface area (Å²) in [6.45, 7) is 2.82. The van der Waals surface area contributed by atoms with E-state index in [0.717, 1.165) is 61.2 Å². The zero-order valence-corrected chi connectivity index (χ0v) is 18.4. The Labute approximate surface area is 190 Å². The van der Waals surface area contributed by atoms with Crippen molar-refractivity contribution in [3.05, 3.63) is 75.2 Å². The Morgan fingerprint density at radius 1 is 1.13 bits per heavy atom. The van der Waals surface area contributed by atoms with Crippen molar-refractivity contribution in [1.29, 1.82) is 0 Å². The molecule has 5 rings (SSSR count). The monoisotopic (exact) mass is 460 g/mol. The Kier molecular flexibility index (Phi) is 6.32. The van der Waals surface area contributed by atoms with Gasteiger partial charge in [0.15, 0.2) is 0 Å². The number of hydrogen-bond acceptors (Lipinski definition) is 3. The minimum atomic E-state index is -0.205. The number of aromatic amines is 2. The molecule has 1 fully saturated rings. The third-order valence-corrected chi connectivity index (χ3v) is 6.32. The second-order valence-electron chi connectivity index (χ2n) is 7.98. The number of likely N-dealkylation sites (tertiary alicyclic amines) is 1. The summed E-state index contributed by atoms with van der Waals surface area (Å²) in [6, 6.07) is 10.1. The number of H-pyrrole nitrogens is 2. The van der Waals surface area contributed by atoms with E-state index in [-0.39, 0.29) is 29.7 Å². The summed E-state index contributed by atoms with van der Waals surface area (Å²) in [5.74, 6) is 0.807. The topological polar surface area (TPSA) is 64.8 Å². The van der Waals surface area contributed by atoms with E-state index in [1.807, 2.05) is 6.20 Å². The normalized spacial score (nSPS) is 15.4. The van der Waals surface area contributed by atoms with Crippen LogP contribution in [0.5, 0.6) is 0 Å². The van der Waals surface area contributed by atoms with Gasteiger partial charge < -0.3 is 14.9 Å². The minimum absolute atomic E-state index is 0. The summed E-state index contributed by atoms with van der Waals surface area (Å²) in [5, 5.41) is 2.02. The molecule has 162 valence electrons. The van der Waals surface area contributed by atoms with Gasteiger partial charge in [0.05, 0.1) is 10.9 Å². The average Bonchev–Trinajstić information content (AvgIpc) is 3.15. The molecule has 2 aromatic carbocycles. The van der Waals surface area contributed by atoms with Crippen LogP contribution in [0.1, 0.15) is 30.1 Å². The van der Waals surface area contributed by atoms with Crippen molar-refractivity contribution in [3.63, 3.8) is 0 Å². The van der Waals surface area contributed by atoms with Crippen LogP contribution in [0.2, 0.25) is 5.02 Å². The largest absolute Gasteiger partial charge is 0.361 e. The van der Waals surface area contributed by atoms with Crippen molar-refractivity contribution >= 4 is 45.8 Å². The van der Waals surface area contributed by atoms with Gasteiger partial charge in [-0.3, -0.25) is 4.79 Å². The lowest BCUT2D eigenvalue weighted by atomic mass is 9.95. The van der Waals surface area contributed by atoms with E-state index in [4.69, 9.17) is 11.6 Å². The molecule has 2 N–H and O–H groups in total. The highest BCUT2D eigenvalue weighted by atomic mass is 35.5. The van der Waals surface area contributed by atoms with E-state index in [1.165, 1.54) is 6.07 Å². The SMILES string of the molecule is Cl.O=c1[nH]c(C2CCN(CCc3c[nH]c4ccc(F)cc34)CC2)nc2ccc(Cl)cc12. The fourth-order valence-electron chi connectivity index (χ4n) is 4.39. The Bertz CT molecular complexity index is 1280. The Morgan fingerprint density at radius 2 is 1.94 bits per heavy atom. The average molecular weight is 461 g/mol. The van der Waals surface area contributed by atoms with Crippen LogP contribution in [-0.2, 0) is 6.42 Å². The van der Waals surface area contributed by atoms with Gasteiger partial charge in [-0.2, -0.15) is 0 Å². The molecule has 1 aliphatic rings. The van der Waals surface area contributed by atoms with Crippen LogP contribution in [0.25, 0.3) is 21.8 Å².